The van der Waals surface area contributed by atoms with Crippen molar-refractivity contribution < 1.29 is 9.72 Å². The van der Waals surface area contributed by atoms with Gasteiger partial charge in [0.1, 0.15) is 17.8 Å². The van der Waals surface area contributed by atoms with E-state index in [1.165, 1.54) is 18.2 Å². The number of hydrogen-bond donors (Lipinski definition) is 2. The van der Waals surface area contributed by atoms with Crippen LogP contribution >= 0.6 is 0 Å². The van der Waals surface area contributed by atoms with E-state index in [1.807, 2.05) is 0 Å². The predicted octanol–water partition coefficient (Wildman–Crippen LogP) is 1.78. The van der Waals surface area contributed by atoms with Crippen LogP contribution in [0.3, 0.4) is 0 Å². The Labute approximate surface area is 108 Å². The molecule has 19 heavy (non-hydrogen) atoms. The van der Waals surface area contributed by atoms with Crippen LogP contribution in [0.1, 0.15) is 16.2 Å². The van der Waals surface area contributed by atoms with Gasteiger partial charge in [0.2, 0.25) is 0 Å². The zero-order valence-electron chi connectivity index (χ0n) is 10.00. The topological polar surface area (TPSA) is 101 Å². The lowest BCUT2D eigenvalue weighted by atomic mass is 10.2. The molecular formula is C12H12N4O3. The molecule has 0 saturated carbocycles. The summed E-state index contributed by atoms with van der Waals surface area (Å²) in [5.74, 6) is 0.805. The van der Waals surface area contributed by atoms with Gasteiger partial charge in [-0.3, -0.25) is 14.9 Å². The Morgan fingerprint density at radius 3 is 2.95 bits per heavy atom. The molecule has 0 unspecified atom stereocenters. The second-order valence-corrected chi connectivity index (χ2v) is 3.86. The first-order valence-electron chi connectivity index (χ1n) is 5.66. The minimum Gasteiger partial charge on any atom is -0.379 e. The molecule has 2 aromatic rings. The number of rotatable bonds is 6. The summed E-state index contributed by atoms with van der Waals surface area (Å²) in [6.07, 6.45) is 4.58. The van der Waals surface area contributed by atoms with Crippen molar-refractivity contribution in [3.63, 3.8) is 0 Å². The van der Waals surface area contributed by atoms with Crippen LogP contribution in [-0.2, 0) is 6.42 Å². The van der Waals surface area contributed by atoms with E-state index in [4.69, 9.17) is 0 Å². The number of hydrogen-bond acceptors (Lipinski definition) is 5. The van der Waals surface area contributed by atoms with Crippen molar-refractivity contribution in [3.05, 3.63) is 52.1 Å². The average molecular weight is 260 g/mol. The van der Waals surface area contributed by atoms with E-state index in [0.717, 1.165) is 5.82 Å². The van der Waals surface area contributed by atoms with Crippen LogP contribution in [-0.4, -0.2) is 27.7 Å². The van der Waals surface area contributed by atoms with Crippen molar-refractivity contribution in [1.82, 2.24) is 9.97 Å². The molecule has 2 N–H and O–H groups in total. The van der Waals surface area contributed by atoms with Crippen LogP contribution in [0, 0.1) is 10.1 Å². The van der Waals surface area contributed by atoms with Gasteiger partial charge in [-0.25, -0.2) is 4.98 Å². The molecule has 98 valence electrons. The summed E-state index contributed by atoms with van der Waals surface area (Å²) in [5, 5.41) is 13.9. The van der Waals surface area contributed by atoms with Gasteiger partial charge in [-0.15, -0.1) is 0 Å². The lowest BCUT2D eigenvalue weighted by Gasteiger charge is -2.06. The van der Waals surface area contributed by atoms with E-state index in [0.29, 0.717) is 24.9 Å². The van der Waals surface area contributed by atoms with Crippen molar-refractivity contribution in [1.29, 1.82) is 0 Å². The largest absolute Gasteiger partial charge is 0.379 e. The number of nitrogens with zero attached hydrogens (tertiary/aromatic N) is 2. The Hall–Kier alpha value is -2.70. The molecular weight excluding hydrogens is 248 g/mol. The van der Waals surface area contributed by atoms with E-state index in [9.17, 15) is 14.9 Å². The summed E-state index contributed by atoms with van der Waals surface area (Å²) in [4.78, 5) is 28.0. The Morgan fingerprint density at radius 2 is 2.32 bits per heavy atom. The number of nitrogens with one attached hydrogen (secondary N) is 2. The van der Waals surface area contributed by atoms with Crippen molar-refractivity contribution >= 4 is 17.7 Å². The van der Waals surface area contributed by atoms with Crippen LogP contribution in [0.25, 0.3) is 0 Å². The maximum absolute atomic E-state index is 10.9. The smallest absolute Gasteiger partial charge is 0.293 e. The molecule has 7 nitrogen and oxygen atoms in total. The summed E-state index contributed by atoms with van der Waals surface area (Å²) < 4.78 is 0. The van der Waals surface area contributed by atoms with Crippen LogP contribution in [0.2, 0.25) is 0 Å². The molecule has 0 radical (unpaired) electrons. The average Bonchev–Trinajstić information content (AvgIpc) is 2.92. The second-order valence-electron chi connectivity index (χ2n) is 3.86. The highest BCUT2D eigenvalue weighted by Crippen LogP contribution is 2.24. The highest BCUT2D eigenvalue weighted by atomic mass is 16.6. The molecule has 2 rings (SSSR count). The fourth-order valence-corrected chi connectivity index (χ4v) is 1.67. The molecule has 0 bridgehead atoms. The molecule has 0 amide bonds. The lowest BCUT2D eigenvalue weighted by Crippen LogP contribution is -2.08. The van der Waals surface area contributed by atoms with Gasteiger partial charge in [0.05, 0.1) is 4.92 Å². The molecule has 7 heteroatoms. The van der Waals surface area contributed by atoms with Crippen molar-refractivity contribution in [3.8, 4) is 0 Å². The van der Waals surface area contributed by atoms with E-state index < -0.39 is 4.92 Å². The second kappa shape index (κ2) is 5.76. The third-order valence-corrected chi connectivity index (χ3v) is 2.59. The highest BCUT2D eigenvalue weighted by molar-refractivity contribution is 5.79. The summed E-state index contributed by atoms with van der Waals surface area (Å²) in [7, 11) is 0. The van der Waals surface area contributed by atoms with Gasteiger partial charge < -0.3 is 10.3 Å². The molecule has 0 fully saturated rings. The zero-order chi connectivity index (χ0) is 13.7. The standard InChI is InChI=1S/C12H12N4O3/c17-8-9-1-2-10(11(7-9)16(18)19)13-4-3-12-14-5-6-15-12/h1-2,5-8,13H,3-4H2,(H,14,15). The fourth-order valence-electron chi connectivity index (χ4n) is 1.67. The number of imidazole rings is 1. The molecule has 0 aliphatic carbocycles. The van der Waals surface area contributed by atoms with Gasteiger partial charge >= 0.3 is 0 Å². The number of aldehydes is 1. The fraction of sp³-hybridized carbons (Fsp3) is 0.167. The van der Waals surface area contributed by atoms with Crippen LogP contribution < -0.4 is 5.32 Å². The van der Waals surface area contributed by atoms with Crippen molar-refractivity contribution in [2.45, 2.75) is 6.42 Å². The first kappa shape index (κ1) is 12.7. The first-order valence-corrected chi connectivity index (χ1v) is 5.66. The predicted molar refractivity (Wildman–Crippen MR) is 69.3 cm³/mol. The number of anilines is 1. The molecule has 1 heterocycles. The van der Waals surface area contributed by atoms with Gasteiger partial charge in [-0.1, -0.05) is 0 Å². The van der Waals surface area contributed by atoms with E-state index in [2.05, 4.69) is 15.3 Å². The minimum absolute atomic E-state index is 0.107. The zero-order valence-corrected chi connectivity index (χ0v) is 10.00. The van der Waals surface area contributed by atoms with Crippen molar-refractivity contribution in [2.75, 3.05) is 11.9 Å². The Morgan fingerprint density at radius 1 is 1.47 bits per heavy atom. The lowest BCUT2D eigenvalue weighted by molar-refractivity contribution is -0.384. The third kappa shape index (κ3) is 3.15. The monoisotopic (exact) mass is 260 g/mol. The van der Waals surface area contributed by atoms with Crippen molar-refractivity contribution in [2.24, 2.45) is 0 Å². The maximum atomic E-state index is 10.9. The molecule has 0 saturated heterocycles. The molecule has 0 aliphatic heterocycles. The Balaban J connectivity index is 2.06. The molecule has 0 atom stereocenters. The highest BCUT2D eigenvalue weighted by Gasteiger charge is 2.14. The van der Waals surface area contributed by atoms with Gasteiger partial charge in [0.25, 0.3) is 5.69 Å². The van der Waals surface area contributed by atoms with Crippen LogP contribution in [0.5, 0.6) is 0 Å². The number of aromatic amines is 1. The number of carbonyl (C=O) groups is 1. The quantitative estimate of drug-likeness (QED) is 0.468. The number of nitro benzene ring substituents is 1. The molecule has 0 aliphatic rings. The van der Waals surface area contributed by atoms with Crippen LogP contribution in [0.15, 0.2) is 30.6 Å². The Kier molecular flexibility index (Phi) is 3.87. The number of benzene rings is 1. The summed E-state index contributed by atoms with van der Waals surface area (Å²) in [5.41, 5.74) is 0.564. The number of H-pyrrole nitrogens is 1. The SMILES string of the molecule is O=Cc1ccc(NCCc2ncc[nH]2)c([N+](=O)[O-])c1. The molecule has 1 aromatic heterocycles. The number of carbonyl (C=O) groups excluding carboxylic acids is 1. The number of aromatic nitrogens is 2. The molecule has 1 aromatic carbocycles. The summed E-state index contributed by atoms with van der Waals surface area (Å²) in [6, 6.07) is 4.32. The number of nitro groups is 1. The van der Waals surface area contributed by atoms with Gasteiger partial charge in [-0.05, 0) is 12.1 Å². The maximum Gasteiger partial charge on any atom is 0.293 e. The normalized spacial score (nSPS) is 10.1. The van der Waals surface area contributed by atoms with E-state index >= 15 is 0 Å². The summed E-state index contributed by atoms with van der Waals surface area (Å²) >= 11 is 0. The van der Waals surface area contributed by atoms with Gasteiger partial charge in [0.15, 0.2) is 0 Å². The third-order valence-electron chi connectivity index (χ3n) is 2.59. The molecule has 0 spiro atoms. The van der Waals surface area contributed by atoms with Crippen LogP contribution in [0.4, 0.5) is 11.4 Å². The van der Waals surface area contributed by atoms with E-state index in [1.54, 1.807) is 12.4 Å². The first-order chi connectivity index (χ1) is 9.20. The van der Waals surface area contributed by atoms with Gasteiger partial charge in [-0.2, -0.15) is 0 Å². The van der Waals surface area contributed by atoms with Gasteiger partial charge in [0, 0.05) is 37.0 Å². The Bertz CT molecular complexity index is 581. The minimum atomic E-state index is -0.512. The van der Waals surface area contributed by atoms with E-state index in [-0.39, 0.29) is 11.3 Å². The summed E-state index contributed by atoms with van der Waals surface area (Å²) in [6.45, 7) is 0.509.